The zero-order chi connectivity index (χ0) is 14.0. The van der Waals surface area contributed by atoms with Gasteiger partial charge >= 0.3 is 0 Å². The largest absolute Gasteiger partial charge is 0.495 e. The van der Waals surface area contributed by atoms with Crippen molar-refractivity contribution in [3.05, 3.63) is 47.8 Å². The summed E-state index contributed by atoms with van der Waals surface area (Å²) in [6.45, 7) is 1.98. The highest BCUT2D eigenvalue weighted by atomic mass is 19.1. The standard InChI is InChI=1S/C15H17FN2O/c1-10-6-4-5-7-13(10)18(2)14-9-15(19-3)12(17)8-11(14)16/h4-9H,17H2,1-3H3. The molecule has 0 heterocycles. The number of benzene rings is 2. The van der Waals surface area contributed by atoms with Crippen LogP contribution in [0.1, 0.15) is 5.56 Å². The van der Waals surface area contributed by atoms with Gasteiger partial charge in [0, 0.05) is 24.9 Å². The van der Waals surface area contributed by atoms with Gasteiger partial charge in [-0.2, -0.15) is 0 Å². The predicted molar refractivity (Wildman–Crippen MR) is 76.6 cm³/mol. The Labute approximate surface area is 112 Å². The molecule has 3 nitrogen and oxygen atoms in total. The Balaban J connectivity index is 2.50. The van der Waals surface area contributed by atoms with Crippen LogP contribution in [-0.4, -0.2) is 14.2 Å². The van der Waals surface area contributed by atoms with Gasteiger partial charge in [0.05, 0.1) is 18.5 Å². The minimum absolute atomic E-state index is 0.293. The Morgan fingerprint density at radius 3 is 2.47 bits per heavy atom. The lowest BCUT2D eigenvalue weighted by Crippen LogP contribution is -2.13. The Bertz CT molecular complexity index is 599. The third kappa shape index (κ3) is 2.47. The van der Waals surface area contributed by atoms with Gasteiger partial charge in [0.1, 0.15) is 11.6 Å². The maximum absolute atomic E-state index is 14.1. The van der Waals surface area contributed by atoms with Crippen LogP contribution in [0.4, 0.5) is 21.5 Å². The van der Waals surface area contributed by atoms with E-state index in [0.29, 0.717) is 17.1 Å². The molecule has 2 aromatic carbocycles. The van der Waals surface area contributed by atoms with Crippen LogP contribution in [0.5, 0.6) is 5.75 Å². The van der Waals surface area contributed by atoms with E-state index >= 15 is 0 Å². The summed E-state index contributed by atoms with van der Waals surface area (Å²) in [6.07, 6.45) is 0. The van der Waals surface area contributed by atoms with Crippen molar-refractivity contribution in [2.45, 2.75) is 6.92 Å². The van der Waals surface area contributed by atoms with Gasteiger partial charge in [0.15, 0.2) is 0 Å². The highest BCUT2D eigenvalue weighted by molar-refractivity contribution is 5.70. The van der Waals surface area contributed by atoms with Crippen molar-refractivity contribution < 1.29 is 9.13 Å². The molecule has 0 spiro atoms. The van der Waals surface area contributed by atoms with Crippen molar-refractivity contribution >= 4 is 17.1 Å². The topological polar surface area (TPSA) is 38.5 Å². The molecule has 0 unspecified atom stereocenters. The van der Waals surface area contributed by atoms with E-state index in [2.05, 4.69) is 0 Å². The fourth-order valence-electron chi connectivity index (χ4n) is 2.06. The van der Waals surface area contributed by atoms with E-state index < -0.39 is 0 Å². The van der Waals surface area contributed by atoms with Gasteiger partial charge in [-0.3, -0.25) is 0 Å². The van der Waals surface area contributed by atoms with Crippen molar-refractivity contribution in [2.24, 2.45) is 0 Å². The second-order valence-corrected chi connectivity index (χ2v) is 4.39. The van der Waals surface area contributed by atoms with Crippen LogP contribution >= 0.6 is 0 Å². The first-order valence-corrected chi connectivity index (χ1v) is 5.97. The van der Waals surface area contributed by atoms with Crippen LogP contribution in [-0.2, 0) is 0 Å². The molecule has 0 saturated heterocycles. The van der Waals surface area contributed by atoms with Crippen molar-refractivity contribution in [3.63, 3.8) is 0 Å². The number of anilines is 3. The first-order valence-electron chi connectivity index (χ1n) is 5.97. The summed E-state index contributed by atoms with van der Waals surface area (Å²) >= 11 is 0. The van der Waals surface area contributed by atoms with E-state index in [1.807, 2.05) is 38.2 Å². The normalized spacial score (nSPS) is 10.3. The van der Waals surface area contributed by atoms with Crippen LogP contribution in [0.2, 0.25) is 0 Å². The number of ether oxygens (including phenoxy) is 1. The number of nitrogens with zero attached hydrogens (tertiary/aromatic N) is 1. The minimum atomic E-state index is -0.371. The molecule has 0 bridgehead atoms. The molecule has 0 fully saturated rings. The highest BCUT2D eigenvalue weighted by Crippen LogP contribution is 2.34. The Morgan fingerprint density at radius 2 is 1.84 bits per heavy atom. The average molecular weight is 260 g/mol. The molecule has 0 amide bonds. The van der Waals surface area contributed by atoms with Crippen LogP contribution in [0.15, 0.2) is 36.4 Å². The van der Waals surface area contributed by atoms with Crippen molar-refractivity contribution in [1.82, 2.24) is 0 Å². The smallest absolute Gasteiger partial charge is 0.149 e. The summed E-state index contributed by atoms with van der Waals surface area (Å²) in [6, 6.07) is 10.7. The number of halogens is 1. The second kappa shape index (κ2) is 5.18. The third-order valence-corrected chi connectivity index (χ3v) is 3.14. The molecular formula is C15H17FN2O. The van der Waals surface area contributed by atoms with Crippen molar-refractivity contribution in [1.29, 1.82) is 0 Å². The fraction of sp³-hybridized carbons (Fsp3) is 0.200. The van der Waals surface area contributed by atoms with Gasteiger partial charge in [-0.05, 0) is 18.6 Å². The zero-order valence-corrected chi connectivity index (χ0v) is 11.3. The maximum Gasteiger partial charge on any atom is 0.149 e. The van der Waals surface area contributed by atoms with Crippen molar-refractivity contribution in [3.8, 4) is 5.75 Å². The number of rotatable bonds is 3. The van der Waals surface area contributed by atoms with Crippen LogP contribution in [0.3, 0.4) is 0 Å². The van der Waals surface area contributed by atoms with E-state index in [0.717, 1.165) is 11.3 Å². The molecule has 0 aliphatic heterocycles. The first-order chi connectivity index (χ1) is 9.04. The maximum atomic E-state index is 14.1. The summed E-state index contributed by atoms with van der Waals surface area (Å²) in [5, 5.41) is 0. The van der Waals surface area contributed by atoms with Crippen LogP contribution < -0.4 is 15.4 Å². The molecule has 0 atom stereocenters. The molecule has 0 aliphatic rings. The predicted octanol–water partition coefficient (Wildman–Crippen LogP) is 3.49. The lowest BCUT2D eigenvalue weighted by Gasteiger charge is -2.23. The summed E-state index contributed by atoms with van der Waals surface area (Å²) in [5.74, 6) is 0.0980. The van der Waals surface area contributed by atoms with Gasteiger partial charge in [0.2, 0.25) is 0 Å². The molecule has 4 heteroatoms. The molecule has 100 valence electrons. The Hall–Kier alpha value is -2.23. The lowest BCUT2D eigenvalue weighted by atomic mass is 10.1. The molecule has 2 rings (SSSR count). The van der Waals surface area contributed by atoms with Gasteiger partial charge in [-0.25, -0.2) is 4.39 Å². The molecule has 0 aromatic heterocycles. The first kappa shape index (κ1) is 13.2. The fourth-order valence-corrected chi connectivity index (χ4v) is 2.06. The van der Waals surface area contributed by atoms with E-state index in [1.54, 1.807) is 11.0 Å². The summed E-state index contributed by atoms with van der Waals surface area (Å²) < 4.78 is 19.2. The lowest BCUT2D eigenvalue weighted by molar-refractivity contribution is 0.416. The molecular weight excluding hydrogens is 243 g/mol. The van der Waals surface area contributed by atoms with Crippen LogP contribution in [0, 0.1) is 12.7 Å². The molecule has 2 aromatic rings. The number of methoxy groups -OCH3 is 1. The number of nitrogen functional groups attached to an aromatic ring is 1. The number of hydrogen-bond acceptors (Lipinski definition) is 3. The number of hydrogen-bond donors (Lipinski definition) is 1. The third-order valence-electron chi connectivity index (χ3n) is 3.14. The quantitative estimate of drug-likeness (QED) is 0.858. The van der Waals surface area contributed by atoms with Gasteiger partial charge < -0.3 is 15.4 Å². The summed E-state index contributed by atoms with van der Waals surface area (Å²) in [5.41, 5.74) is 8.42. The van der Waals surface area contributed by atoms with Crippen LogP contribution in [0.25, 0.3) is 0 Å². The SMILES string of the molecule is COc1cc(N(C)c2ccccc2C)c(F)cc1N. The summed E-state index contributed by atoms with van der Waals surface area (Å²) in [7, 11) is 3.33. The average Bonchev–Trinajstić information content (AvgIpc) is 2.39. The number of nitrogens with two attached hydrogens (primary N) is 1. The second-order valence-electron chi connectivity index (χ2n) is 4.39. The van der Waals surface area contributed by atoms with E-state index in [9.17, 15) is 4.39 Å². The van der Waals surface area contributed by atoms with E-state index in [-0.39, 0.29) is 5.82 Å². The number of para-hydroxylation sites is 1. The molecule has 0 saturated carbocycles. The van der Waals surface area contributed by atoms with E-state index in [4.69, 9.17) is 10.5 Å². The molecule has 0 aliphatic carbocycles. The highest BCUT2D eigenvalue weighted by Gasteiger charge is 2.14. The van der Waals surface area contributed by atoms with E-state index in [1.165, 1.54) is 13.2 Å². The Kier molecular flexibility index (Phi) is 3.60. The minimum Gasteiger partial charge on any atom is -0.495 e. The molecule has 19 heavy (non-hydrogen) atoms. The summed E-state index contributed by atoms with van der Waals surface area (Å²) in [4.78, 5) is 1.78. The Morgan fingerprint density at radius 1 is 1.16 bits per heavy atom. The zero-order valence-electron chi connectivity index (χ0n) is 11.3. The van der Waals surface area contributed by atoms with Gasteiger partial charge in [-0.1, -0.05) is 18.2 Å². The molecule has 2 N–H and O–H groups in total. The van der Waals surface area contributed by atoms with Gasteiger partial charge in [-0.15, -0.1) is 0 Å². The van der Waals surface area contributed by atoms with Gasteiger partial charge in [0.25, 0.3) is 0 Å². The molecule has 0 radical (unpaired) electrons. The monoisotopic (exact) mass is 260 g/mol. The van der Waals surface area contributed by atoms with Crippen molar-refractivity contribution in [2.75, 3.05) is 24.8 Å². The number of aryl methyl sites for hydroxylation is 1.